The van der Waals surface area contributed by atoms with E-state index in [1.54, 1.807) is 19.2 Å². The minimum atomic E-state index is -0.699. The minimum Gasteiger partial charge on any atom is -0.495 e. The lowest BCUT2D eigenvalue weighted by Gasteiger charge is -2.44. The monoisotopic (exact) mass is 356 g/mol. The van der Waals surface area contributed by atoms with E-state index in [1.807, 2.05) is 6.07 Å². The van der Waals surface area contributed by atoms with Crippen molar-refractivity contribution in [3.8, 4) is 5.75 Å². The number of rotatable bonds is 4. The van der Waals surface area contributed by atoms with Crippen LogP contribution in [0.15, 0.2) is 22.7 Å². The third-order valence-electron chi connectivity index (χ3n) is 3.71. The fourth-order valence-corrected chi connectivity index (χ4v) is 3.28. The molecule has 0 heterocycles. The summed E-state index contributed by atoms with van der Waals surface area (Å²) in [7, 11) is 1.58. The molecule has 0 aliphatic heterocycles. The summed E-state index contributed by atoms with van der Waals surface area (Å²) in [6.45, 7) is 2.09. The van der Waals surface area contributed by atoms with Gasteiger partial charge in [0.2, 0.25) is 5.91 Å². The minimum absolute atomic E-state index is 0.132. The molecule has 0 unspecified atom stereocenters. The number of amides is 1. The van der Waals surface area contributed by atoms with Gasteiger partial charge in [-0.1, -0.05) is 19.1 Å². The van der Waals surface area contributed by atoms with Gasteiger partial charge in [0.15, 0.2) is 0 Å². The molecule has 0 radical (unpaired) electrons. The second-order valence-corrected chi connectivity index (χ2v) is 6.56. The van der Waals surface area contributed by atoms with Crippen LogP contribution in [0.1, 0.15) is 19.8 Å². The van der Waals surface area contributed by atoms with Crippen LogP contribution >= 0.6 is 28.1 Å². The van der Waals surface area contributed by atoms with Gasteiger partial charge in [-0.25, -0.2) is 0 Å². The Hall–Kier alpha value is -1.14. The number of thiocarbonyl (C=S) groups is 1. The predicted octanol–water partition coefficient (Wildman–Crippen LogP) is 3.10. The molecule has 1 fully saturated rings. The highest BCUT2D eigenvalue weighted by Gasteiger charge is 2.50. The molecule has 0 bridgehead atoms. The van der Waals surface area contributed by atoms with Crippen molar-refractivity contribution in [3.63, 3.8) is 0 Å². The summed E-state index contributed by atoms with van der Waals surface area (Å²) >= 11 is 8.45. The van der Waals surface area contributed by atoms with Crippen molar-refractivity contribution in [3.05, 3.63) is 22.7 Å². The van der Waals surface area contributed by atoms with Crippen LogP contribution in [0.25, 0.3) is 0 Å². The van der Waals surface area contributed by atoms with Crippen molar-refractivity contribution < 1.29 is 9.53 Å². The van der Waals surface area contributed by atoms with E-state index in [9.17, 15) is 4.79 Å². The van der Waals surface area contributed by atoms with Gasteiger partial charge in [-0.05, 0) is 46.8 Å². The summed E-state index contributed by atoms with van der Waals surface area (Å²) in [5.74, 6) is 1.00. The Morgan fingerprint density at radius 2 is 2.20 bits per heavy atom. The molecule has 1 aromatic rings. The zero-order valence-electron chi connectivity index (χ0n) is 11.4. The van der Waals surface area contributed by atoms with Crippen LogP contribution in [0, 0.1) is 11.3 Å². The number of carbonyl (C=O) groups excluding carboxylic acids is 1. The lowest BCUT2D eigenvalue weighted by atomic mass is 9.62. The van der Waals surface area contributed by atoms with Crippen LogP contribution in [-0.2, 0) is 4.79 Å². The first-order valence-corrected chi connectivity index (χ1v) is 7.54. The normalized spacial score (nSPS) is 24.6. The predicted molar refractivity (Wildman–Crippen MR) is 86.9 cm³/mol. The average Bonchev–Trinajstić information content (AvgIpc) is 2.36. The van der Waals surface area contributed by atoms with Crippen molar-refractivity contribution in [2.24, 2.45) is 17.1 Å². The Morgan fingerprint density at radius 3 is 2.70 bits per heavy atom. The Morgan fingerprint density at radius 1 is 1.55 bits per heavy atom. The van der Waals surface area contributed by atoms with Crippen LogP contribution in [0.5, 0.6) is 5.75 Å². The van der Waals surface area contributed by atoms with E-state index in [4.69, 9.17) is 22.7 Å². The van der Waals surface area contributed by atoms with Crippen LogP contribution in [0.2, 0.25) is 0 Å². The van der Waals surface area contributed by atoms with Crippen LogP contribution in [-0.4, -0.2) is 18.0 Å². The Kier molecular flexibility index (Phi) is 4.34. The van der Waals surface area contributed by atoms with Gasteiger partial charge in [-0.3, -0.25) is 4.79 Å². The van der Waals surface area contributed by atoms with E-state index in [1.165, 1.54) is 0 Å². The lowest BCUT2D eigenvalue weighted by molar-refractivity contribution is -0.127. The van der Waals surface area contributed by atoms with Crippen LogP contribution < -0.4 is 15.8 Å². The van der Waals surface area contributed by atoms with Gasteiger partial charge in [0.25, 0.3) is 0 Å². The van der Waals surface area contributed by atoms with E-state index in [0.717, 1.165) is 4.47 Å². The van der Waals surface area contributed by atoms with Crippen LogP contribution in [0.3, 0.4) is 0 Å². The standard InChI is InChI=1S/C14H17BrN2O2S/c1-8-6-14(7-8,12(16)20)13(18)17-9-3-4-10(15)11(5-9)19-2/h3-5,8H,6-7H2,1-2H3,(H2,16,20)(H,17,18). The largest absolute Gasteiger partial charge is 0.495 e. The van der Waals surface area contributed by atoms with Gasteiger partial charge in [-0.2, -0.15) is 0 Å². The van der Waals surface area contributed by atoms with Crippen molar-refractivity contribution in [1.82, 2.24) is 0 Å². The third-order valence-corrected chi connectivity index (χ3v) is 4.75. The lowest BCUT2D eigenvalue weighted by Crippen LogP contribution is -2.53. The molecular weight excluding hydrogens is 340 g/mol. The SMILES string of the molecule is COc1cc(NC(=O)C2(C(N)=S)CC(C)C2)ccc1Br. The third kappa shape index (κ3) is 2.67. The number of nitrogens with one attached hydrogen (secondary N) is 1. The molecule has 1 aliphatic rings. The number of methoxy groups -OCH3 is 1. The van der Waals surface area contributed by atoms with E-state index in [2.05, 4.69) is 28.2 Å². The first kappa shape index (κ1) is 15.3. The quantitative estimate of drug-likeness (QED) is 0.813. The highest BCUT2D eigenvalue weighted by Crippen LogP contribution is 2.46. The van der Waals surface area contributed by atoms with Gasteiger partial charge in [0.05, 0.1) is 22.0 Å². The molecule has 20 heavy (non-hydrogen) atoms. The summed E-state index contributed by atoms with van der Waals surface area (Å²) < 4.78 is 6.04. The number of hydrogen-bond acceptors (Lipinski definition) is 3. The summed E-state index contributed by atoms with van der Waals surface area (Å²) in [5, 5.41) is 2.88. The fraction of sp³-hybridized carbons (Fsp3) is 0.429. The molecule has 0 aromatic heterocycles. The first-order valence-electron chi connectivity index (χ1n) is 6.34. The van der Waals surface area contributed by atoms with E-state index >= 15 is 0 Å². The molecule has 108 valence electrons. The molecule has 4 nitrogen and oxygen atoms in total. The molecule has 0 saturated heterocycles. The highest BCUT2D eigenvalue weighted by molar-refractivity contribution is 9.10. The maximum Gasteiger partial charge on any atom is 0.237 e. The van der Waals surface area contributed by atoms with Crippen molar-refractivity contribution >= 4 is 44.7 Å². The maximum atomic E-state index is 12.5. The smallest absolute Gasteiger partial charge is 0.237 e. The average molecular weight is 357 g/mol. The Labute approximate surface area is 132 Å². The molecule has 1 amide bonds. The Balaban J connectivity index is 2.17. The molecule has 0 spiro atoms. The second kappa shape index (κ2) is 5.69. The van der Waals surface area contributed by atoms with Crippen molar-refractivity contribution in [2.75, 3.05) is 12.4 Å². The van der Waals surface area contributed by atoms with E-state index < -0.39 is 5.41 Å². The second-order valence-electron chi connectivity index (χ2n) is 5.26. The zero-order valence-corrected chi connectivity index (χ0v) is 13.8. The zero-order chi connectivity index (χ0) is 14.9. The van der Waals surface area contributed by atoms with Gasteiger partial charge < -0.3 is 15.8 Å². The number of hydrogen-bond donors (Lipinski definition) is 2. The topological polar surface area (TPSA) is 64.3 Å². The van der Waals surface area contributed by atoms with Gasteiger partial charge in [0, 0.05) is 11.8 Å². The fourth-order valence-electron chi connectivity index (χ4n) is 2.62. The summed E-state index contributed by atoms with van der Waals surface area (Å²) in [5.41, 5.74) is 5.74. The van der Waals surface area contributed by atoms with Gasteiger partial charge in [-0.15, -0.1) is 0 Å². The van der Waals surface area contributed by atoms with Gasteiger partial charge >= 0.3 is 0 Å². The highest BCUT2D eigenvalue weighted by atomic mass is 79.9. The molecule has 2 rings (SSSR count). The maximum absolute atomic E-state index is 12.5. The number of nitrogens with two attached hydrogens (primary N) is 1. The number of carbonyl (C=O) groups is 1. The summed E-state index contributed by atoms with van der Waals surface area (Å²) in [6.07, 6.45) is 1.42. The first-order chi connectivity index (χ1) is 9.39. The number of benzene rings is 1. The van der Waals surface area contributed by atoms with E-state index in [-0.39, 0.29) is 10.9 Å². The number of anilines is 1. The number of ether oxygens (including phenoxy) is 1. The molecule has 0 atom stereocenters. The molecule has 1 aromatic carbocycles. The molecule has 3 N–H and O–H groups in total. The van der Waals surface area contributed by atoms with E-state index in [0.29, 0.717) is 30.2 Å². The van der Waals surface area contributed by atoms with Crippen molar-refractivity contribution in [1.29, 1.82) is 0 Å². The summed E-state index contributed by atoms with van der Waals surface area (Å²) in [6, 6.07) is 5.39. The molecule has 1 saturated carbocycles. The molecule has 6 heteroatoms. The Bertz CT molecular complexity index is 556. The number of halogens is 1. The van der Waals surface area contributed by atoms with Crippen LogP contribution in [0.4, 0.5) is 5.69 Å². The van der Waals surface area contributed by atoms with Crippen molar-refractivity contribution in [2.45, 2.75) is 19.8 Å². The molecule has 1 aliphatic carbocycles. The van der Waals surface area contributed by atoms with Gasteiger partial charge in [0.1, 0.15) is 5.75 Å². The summed E-state index contributed by atoms with van der Waals surface area (Å²) in [4.78, 5) is 12.7. The molecular formula is C14H17BrN2O2S.